The van der Waals surface area contributed by atoms with Crippen LogP contribution in [0.5, 0.6) is 0 Å². The number of hydrogen-bond donors (Lipinski definition) is 1. The summed E-state index contributed by atoms with van der Waals surface area (Å²) in [5.41, 5.74) is 6.14. The molecule has 7 nitrogen and oxygen atoms in total. The van der Waals surface area contributed by atoms with Gasteiger partial charge in [-0.15, -0.1) is 0 Å². The smallest absolute Gasteiger partial charge is 0.281 e. The van der Waals surface area contributed by atoms with E-state index in [0.29, 0.717) is 23.4 Å². The quantitative estimate of drug-likeness (QED) is 0.814. The molecule has 0 atom stereocenters. The molecule has 2 aromatic rings. The third-order valence-corrected chi connectivity index (χ3v) is 2.73. The largest absolute Gasteiger partial charge is 0.382 e. The standard InChI is InChI=1S/C10H12N6O/c11-8-7(12-3-4-13-8)9-14-10(15-17-9)16-5-1-2-6-16/h3-4H,1-2,5-6H2,(H2,11,13). The monoisotopic (exact) mass is 232 g/mol. The number of nitrogens with zero attached hydrogens (tertiary/aromatic N) is 5. The molecule has 3 rings (SSSR count). The third-order valence-electron chi connectivity index (χ3n) is 2.73. The lowest BCUT2D eigenvalue weighted by molar-refractivity contribution is 0.429. The van der Waals surface area contributed by atoms with Crippen LogP contribution in [0.4, 0.5) is 11.8 Å². The molecule has 2 aromatic heterocycles. The molecule has 3 heterocycles. The maximum atomic E-state index is 5.70. The molecule has 1 aliphatic rings. The van der Waals surface area contributed by atoms with Crippen LogP contribution in [-0.4, -0.2) is 33.2 Å². The van der Waals surface area contributed by atoms with Gasteiger partial charge in [0, 0.05) is 25.5 Å². The van der Waals surface area contributed by atoms with E-state index in [1.54, 1.807) is 6.20 Å². The van der Waals surface area contributed by atoms with Crippen LogP contribution in [0, 0.1) is 0 Å². The number of aromatic nitrogens is 4. The van der Waals surface area contributed by atoms with Gasteiger partial charge in [0.25, 0.3) is 11.8 Å². The van der Waals surface area contributed by atoms with Gasteiger partial charge in [0.15, 0.2) is 11.5 Å². The van der Waals surface area contributed by atoms with E-state index in [9.17, 15) is 0 Å². The first-order chi connectivity index (χ1) is 8.34. The average molecular weight is 232 g/mol. The summed E-state index contributed by atoms with van der Waals surface area (Å²) in [6, 6.07) is 0. The van der Waals surface area contributed by atoms with E-state index in [1.807, 2.05) is 0 Å². The molecule has 0 radical (unpaired) electrons. The van der Waals surface area contributed by atoms with Gasteiger partial charge in [-0.2, -0.15) is 4.98 Å². The van der Waals surface area contributed by atoms with Gasteiger partial charge in [0.1, 0.15) is 0 Å². The van der Waals surface area contributed by atoms with Gasteiger partial charge in [-0.05, 0) is 18.0 Å². The van der Waals surface area contributed by atoms with Crippen LogP contribution in [-0.2, 0) is 0 Å². The maximum Gasteiger partial charge on any atom is 0.281 e. The van der Waals surface area contributed by atoms with Crippen molar-refractivity contribution in [2.45, 2.75) is 12.8 Å². The van der Waals surface area contributed by atoms with Crippen LogP contribution in [0.1, 0.15) is 12.8 Å². The molecule has 0 aliphatic carbocycles. The lowest BCUT2D eigenvalue weighted by atomic mass is 10.4. The van der Waals surface area contributed by atoms with Gasteiger partial charge in [-0.25, -0.2) is 9.97 Å². The zero-order valence-electron chi connectivity index (χ0n) is 9.20. The summed E-state index contributed by atoms with van der Waals surface area (Å²) in [5.74, 6) is 1.21. The molecule has 88 valence electrons. The van der Waals surface area contributed by atoms with Crippen LogP contribution < -0.4 is 10.6 Å². The summed E-state index contributed by atoms with van der Waals surface area (Å²) >= 11 is 0. The SMILES string of the molecule is Nc1nccnc1-c1nc(N2CCCC2)no1. The highest BCUT2D eigenvalue weighted by Gasteiger charge is 2.20. The van der Waals surface area contributed by atoms with Crippen LogP contribution in [0.3, 0.4) is 0 Å². The first-order valence-electron chi connectivity index (χ1n) is 5.50. The van der Waals surface area contributed by atoms with E-state index in [2.05, 4.69) is 25.0 Å². The molecular formula is C10H12N6O. The molecule has 17 heavy (non-hydrogen) atoms. The van der Waals surface area contributed by atoms with Crippen LogP contribution in [0.25, 0.3) is 11.6 Å². The van der Waals surface area contributed by atoms with E-state index < -0.39 is 0 Å². The van der Waals surface area contributed by atoms with Gasteiger partial charge < -0.3 is 15.2 Å². The van der Waals surface area contributed by atoms with Crippen molar-refractivity contribution < 1.29 is 4.52 Å². The van der Waals surface area contributed by atoms with Gasteiger partial charge in [-0.1, -0.05) is 0 Å². The minimum atomic E-state index is 0.295. The molecule has 0 saturated carbocycles. The van der Waals surface area contributed by atoms with Gasteiger partial charge in [0.2, 0.25) is 0 Å². The number of hydrogen-bond acceptors (Lipinski definition) is 7. The highest BCUT2D eigenvalue weighted by Crippen LogP contribution is 2.23. The molecule has 2 N–H and O–H groups in total. The minimum absolute atomic E-state index is 0.295. The van der Waals surface area contributed by atoms with E-state index in [0.717, 1.165) is 25.9 Å². The van der Waals surface area contributed by atoms with Gasteiger partial charge in [-0.3, -0.25) is 0 Å². The van der Waals surface area contributed by atoms with Crippen LogP contribution >= 0.6 is 0 Å². The Balaban J connectivity index is 1.92. The lowest BCUT2D eigenvalue weighted by Gasteiger charge is -2.09. The molecule has 7 heteroatoms. The van der Waals surface area contributed by atoms with Crippen LogP contribution in [0.15, 0.2) is 16.9 Å². The van der Waals surface area contributed by atoms with Crippen molar-refractivity contribution in [1.29, 1.82) is 0 Å². The molecule has 0 amide bonds. The van der Waals surface area contributed by atoms with Crippen LogP contribution in [0.2, 0.25) is 0 Å². The minimum Gasteiger partial charge on any atom is -0.382 e. The Bertz CT molecular complexity index is 519. The molecule has 0 aromatic carbocycles. The number of nitrogens with two attached hydrogens (primary N) is 1. The average Bonchev–Trinajstić information content (AvgIpc) is 3.00. The predicted molar refractivity (Wildman–Crippen MR) is 61.2 cm³/mol. The molecule has 1 aliphatic heterocycles. The Kier molecular flexibility index (Phi) is 2.36. The first-order valence-corrected chi connectivity index (χ1v) is 5.50. The van der Waals surface area contributed by atoms with E-state index in [1.165, 1.54) is 6.20 Å². The zero-order valence-corrected chi connectivity index (χ0v) is 9.20. The Labute approximate surface area is 97.7 Å². The van der Waals surface area contributed by atoms with Crippen molar-refractivity contribution in [3.05, 3.63) is 12.4 Å². The molecule has 1 fully saturated rings. The highest BCUT2D eigenvalue weighted by atomic mass is 16.5. The van der Waals surface area contributed by atoms with E-state index in [-0.39, 0.29) is 0 Å². The molecule has 0 spiro atoms. The van der Waals surface area contributed by atoms with Crippen molar-refractivity contribution in [2.75, 3.05) is 23.7 Å². The van der Waals surface area contributed by atoms with E-state index >= 15 is 0 Å². The van der Waals surface area contributed by atoms with Crippen molar-refractivity contribution in [2.24, 2.45) is 0 Å². The summed E-state index contributed by atoms with van der Waals surface area (Å²) in [5, 5.41) is 3.93. The second-order valence-electron chi connectivity index (χ2n) is 3.88. The zero-order chi connectivity index (χ0) is 11.7. The van der Waals surface area contributed by atoms with Crippen molar-refractivity contribution in [3.8, 4) is 11.6 Å². The summed E-state index contributed by atoms with van der Waals surface area (Å²) in [6.07, 6.45) is 5.40. The Morgan fingerprint density at radius 2 is 1.94 bits per heavy atom. The highest BCUT2D eigenvalue weighted by molar-refractivity contribution is 5.62. The molecule has 0 bridgehead atoms. The Hall–Kier alpha value is -2.18. The Morgan fingerprint density at radius 1 is 1.18 bits per heavy atom. The van der Waals surface area contributed by atoms with Crippen molar-refractivity contribution in [3.63, 3.8) is 0 Å². The lowest BCUT2D eigenvalue weighted by Crippen LogP contribution is -2.18. The summed E-state index contributed by atoms with van der Waals surface area (Å²) in [7, 11) is 0. The van der Waals surface area contributed by atoms with Gasteiger partial charge in [0.05, 0.1) is 0 Å². The van der Waals surface area contributed by atoms with E-state index in [4.69, 9.17) is 10.3 Å². The number of rotatable bonds is 2. The third kappa shape index (κ3) is 1.79. The number of anilines is 2. The van der Waals surface area contributed by atoms with Crippen molar-refractivity contribution in [1.82, 2.24) is 20.1 Å². The molecular weight excluding hydrogens is 220 g/mol. The van der Waals surface area contributed by atoms with Crippen molar-refractivity contribution >= 4 is 11.8 Å². The Morgan fingerprint density at radius 3 is 2.71 bits per heavy atom. The summed E-state index contributed by atoms with van der Waals surface area (Å²) < 4.78 is 5.16. The fourth-order valence-corrected chi connectivity index (χ4v) is 1.87. The van der Waals surface area contributed by atoms with Gasteiger partial charge >= 0.3 is 0 Å². The molecule has 1 saturated heterocycles. The summed E-state index contributed by atoms with van der Waals surface area (Å²) in [4.78, 5) is 14.4. The summed E-state index contributed by atoms with van der Waals surface area (Å²) in [6.45, 7) is 1.93. The second kappa shape index (κ2) is 4.00. The fourth-order valence-electron chi connectivity index (χ4n) is 1.87. The second-order valence-corrected chi connectivity index (χ2v) is 3.88. The predicted octanol–water partition coefficient (Wildman–Crippen LogP) is 0.709. The molecule has 0 unspecified atom stereocenters. The topological polar surface area (TPSA) is 94.0 Å². The maximum absolute atomic E-state index is 5.70. The number of nitrogen functional groups attached to an aromatic ring is 1. The first kappa shape index (κ1) is 10.0. The fraction of sp³-hybridized carbons (Fsp3) is 0.400. The normalized spacial score (nSPS) is 15.4.